The number of aromatic nitrogens is 2. The fourth-order valence-corrected chi connectivity index (χ4v) is 3.04. The third-order valence-electron chi connectivity index (χ3n) is 3.17. The predicted octanol–water partition coefficient (Wildman–Crippen LogP) is 4.98. The Bertz CT molecular complexity index is 792. The van der Waals surface area contributed by atoms with E-state index >= 15 is 0 Å². The molecule has 0 aliphatic heterocycles. The smallest absolute Gasteiger partial charge is 0.276 e. The van der Waals surface area contributed by atoms with Crippen molar-refractivity contribution in [2.45, 2.75) is 12.1 Å². The largest absolute Gasteiger partial charge is 0.492 e. The molecule has 0 bridgehead atoms. The molecule has 1 heterocycles. The van der Waals surface area contributed by atoms with Gasteiger partial charge in [0.2, 0.25) is 5.89 Å². The highest BCUT2D eigenvalue weighted by Crippen LogP contribution is 2.29. The quantitative estimate of drug-likeness (QED) is 0.438. The van der Waals surface area contributed by atoms with Crippen LogP contribution in [-0.2, 0) is 0 Å². The number of nitrogens with zero attached hydrogens (tertiary/aromatic N) is 2. The number of ether oxygens (including phenoxy) is 1. The Balaban J connectivity index is 1.54. The summed E-state index contributed by atoms with van der Waals surface area (Å²) in [5.41, 5.74) is 2.02. The van der Waals surface area contributed by atoms with E-state index in [-0.39, 0.29) is 0 Å². The topological polar surface area (TPSA) is 48.2 Å². The van der Waals surface area contributed by atoms with Crippen LogP contribution in [0.2, 0.25) is 0 Å². The van der Waals surface area contributed by atoms with Gasteiger partial charge in [-0.15, -0.1) is 10.2 Å². The molecule has 0 fully saturated rings. The molecule has 0 radical (unpaired) electrons. The van der Waals surface area contributed by atoms with Gasteiger partial charge in [0.05, 0.1) is 12.2 Å². The van der Waals surface area contributed by atoms with Gasteiger partial charge in [-0.25, -0.2) is 0 Å². The summed E-state index contributed by atoms with van der Waals surface area (Å²) in [5.74, 6) is 2.17. The Morgan fingerprint density at radius 1 is 1.09 bits per heavy atom. The molecule has 0 N–H and O–H groups in total. The zero-order valence-electron chi connectivity index (χ0n) is 12.5. The zero-order valence-corrected chi connectivity index (χ0v) is 14.9. The van der Waals surface area contributed by atoms with Gasteiger partial charge in [-0.2, -0.15) is 0 Å². The Morgan fingerprint density at radius 3 is 2.70 bits per heavy atom. The van der Waals surface area contributed by atoms with Crippen LogP contribution in [0.25, 0.3) is 11.5 Å². The molecule has 3 rings (SSSR count). The first-order chi connectivity index (χ1) is 11.2. The summed E-state index contributed by atoms with van der Waals surface area (Å²) in [5, 5.41) is 8.70. The molecule has 3 aromatic rings. The van der Waals surface area contributed by atoms with Crippen molar-refractivity contribution >= 4 is 27.7 Å². The zero-order chi connectivity index (χ0) is 16.1. The Kier molecular flexibility index (Phi) is 5.35. The molecule has 2 aromatic carbocycles. The lowest BCUT2D eigenvalue weighted by molar-refractivity contribution is 0.341. The maximum atomic E-state index is 5.75. The van der Waals surface area contributed by atoms with E-state index in [0.717, 1.165) is 27.1 Å². The molecular weight excluding hydrogens is 376 g/mol. The number of rotatable bonds is 6. The normalized spacial score (nSPS) is 10.7. The molecule has 0 saturated carbocycles. The van der Waals surface area contributed by atoms with Crippen molar-refractivity contribution in [1.29, 1.82) is 0 Å². The first kappa shape index (κ1) is 16.1. The van der Waals surface area contributed by atoms with E-state index < -0.39 is 0 Å². The van der Waals surface area contributed by atoms with Crippen molar-refractivity contribution in [3.63, 3.8) is 0 Å². The monoisotopic (exact) mass is 390 g/mol. The van der Waals surface area contributed by atoms with Gasteiger partial charge >= 0.3 is 0 Å². The average Bonchev–Trinajstić information content (AvgIpc) is 3.02. The van der Waals surface area contributed by atoms with Crippen molar-refractivity contribution in [1.82, 2.24) is 10.2 Å². The van der Waals surface area contributed by atoms with Crippen LogP contribution in [0.1, 0.15) is 5.56 Å². The van der Waals surface area contributed by atoms with Crippen LogP contribution in [0.15, 0.2) is 62.6 Å². The van der Waals surface area contributed by atoms with Crippen LogP contribution < -0.4 is 4.74 Å². The molecule has 0 saturated heterocycles. The van der Waals surface area contributed by atoms with Crippen LogP contribution in [-0.4, -0.2) is 22.6 Å². The summed E-state index contributed by atoms with van der Waals surface area (Å²) in [4.78, 5) is 0. The third kappa shape index (κ3) is 4.14. The van der Waals surface area contributed by atoms with Gasteiger partial charge in [0.1, 0.15) is 5.75 Å². The molecule has 0 atom stereocenters. The molecule has 0 aliphatic carbocycles. The second-order valence-electron chi connectivity index (χ2n) is 4.82. The molecule has 0 aliphatic rings. The van der Waals surface area contributed by atoms with Gasteiger partial charge < -0.3 is 9.15 Å². The van der Waals surface area contributed by atoms with Gasteiger partial charge in [-0.05, 0) is 46.6 Å². The number of aryl methyl sites for hydroxylation is 1. The Hall–Kier alpha value is -1.79. The molecule has 0 spiro atoms. The lowest BCUT2D eigenvalue weighted by Gasteiger charge is -2.07. The van der Waals surface area contributed by atoms with Gasteiger partial charge in [0.25, 0.3) is 5.22 Å². The SMILES string of the molecule is Cc1ccccc1OCCSc1nnc(-c2ccccc2Br)o1. The summed E-state index contributed by atoms with van der Waals surface area (Å²) in [6.45, 7) is 2.62. The van der Waals surface area contributed by atoms with Gasteiger partial charge in [0.15, 0.2) is 0 Å². The summed E-state index contributed by atoms with van der Waals surface area (Å²) < 4.78 is 12.4. The Morgan fingerprint density at radius 2 is 1.87 bits per heavy atom. The number of hydrogen-bond acceptors (Lipinski definition) is 5. The maximum absolute atomic E-state index is 5.75. The molecule has 23 heavy (non-hydrogen) atoms. The minimum absolute atomic E-state index is 0.514. The molecule has 6 heteroatoms. The van der Waals surface area contributed by atoms with Crippen LogP contribution >= 0.6 is 27.7 Å². The van der Waals surface area contributed by atoms with Crippen LogP contribution in [0.4, 0.5) is 0 Å². The number of benzene rings is 2. The number of para-hydroxylation sites is 1. The molecule has 0 unspecified atom stereocenters. The van der Waals surface area contributed by atoms with Crippen molar-refractivity contribution in [2.24, 2.45) is 0 Å². The number of hydrogen-bond donors (Lipinski definition) is 0. The number of thioether (sulfide) groups is 1. The third-order valence-corrected chi connectivity index (χ3v) is 4.64. The fraction of sp³-hybridized carbons (Fsp3) is 0.176. The van der Waals surface area contributed by atoms with Crippen molar-refractivity contribution < 1.29 is 9.15 Å². The first-order valence-corrected chi connectivity index (χ1v) is 8.91. The highest BCUT2D eigenvalue weighted by Gasteiger charge is 2.11. The molecule has 1 aromatic heterocycles. The van der Waals surface area contributed by atoms with Crippen molar-refractivity contribution in [3.05, 3.63) is 58.6 Å². The highest BCUT2D eigenvalue weighted by molar-refractivity contribution is 9.10. The Labute approximate surface area is 147 Å². The molecule has 4 nitrogen and oxygen atoms in total. The van der Waals surface area contributed by atoms with Crippen LogP contribution in [0, 0.1) is 6.92 Å². The highest BCUT2D eigenvalue weighted by atomic mass is 79.9. The lowest BCUT2D eigenvalue weighted by atomic mass is 10.2. The van der Waals surface area contributed by atoms with E-state index in [1.54, 1.807) is 0 Å². The van der Waals surface area contributed by atoms with Gasteiger partial charge in [-0.1, -0.05) is 42.1 Å². The fourth-order valence-electron chi connectivity index (χ4n) is 2.01. The van der Waals surface area contributed by atoms with Crippen LogP contribution in [0.3, 0.4) is 0 Å². The van der Waals surface area contributed by atoms with E-state index in [1.807, 2.05) is 55.5 Å². The lowest BCUT2D eigenvalue weighted by Crippen LogP contribution is -2.01. The maximum Gasteiger partial charge on any atom is 0.276 e. The second kappa shape index (κ2) is 7.66. The minimum Gasteiger partial charge on any atom is -0.492 e. The molecular formula is C17H15BrN2O2S. The summed E-state index contributed by atoms with van der Waals surface area (Å²) >= 11 is 4.97. The van der Waals surface area contributed by atoms with Gasteiger partial charge in [-0.3, -0.25) is 0 Å². The molecule has 118 valence electrons. The van der Waals surface area contributed by atoms with Gasteiger partial charge in [0, 0.05) is 10.2 Å². The van der Waals surface area contributed by atoms with E-state index in [4.69, 9.17) is 9.15 Å². The summed E-state index contributed by atoms with van der Waals surface area (Å²) in [7, 11) is 0. The van der Waals surface area contributed by atoms with Crippen molar-refractivity contribution in [2.75, 3.05) is 12.4 Å². The summed E-state index contributed by atoms with van der Waals surface area (Å²) in [6.07, 6.45) is 0. The van der Waals surface area contributed by atoms with E-state index in [2.05, 4.69) is 26.1 Å². The first-order valence-electron chi connectivity index (χ1n) is 7.13. The van der Waals surface area contributed by atoms with E-state index in [0.29, 0.717) is 17.7 Å². The summed E-state index contributed by atoms with van der Waals surface area (Å²) in [6, 6.07) is 15.7. The van der Waals surface area contributed by atoms with Crippen LogP contribution in [0.5, 0.6) is 5.75 Å². The van der Waals surface area contributed by atoms with Crippen molar-refractivity contribution in [3.8, 4) is 17.2 Å². The standard InChI is InChI=1S/C17H15BrN2O2S/c1-12-6-2-5-9-15(12)21-10-11-23-17-20-19-16(22-17)13-7-3-4-8-14(13)18/h2-9H,10-11H2,1H3. The number of halogens is 1. The van der Waals surface area contributed by atoms with E-state index in [9.17, 15) is 0 Å². The van der Waals surface area contributed by atoms with E-state index in [1.165, 1.54) is 11.8 Å². The molecule has 0 amide bonds. The minimum atomic E-state index is 0.514. The average molecular weight is 391 g/mol. The predicted molar refractivity (Wildman–Crippen MR) is 94.8 cm³/mol. The second-order valence-corrected chi connectivity index (χ2v) is 6.72.